The first kappa shape index (κ1) is 14.3. The van der Waals surface area contributed by atoms with E-state index in [0.29, 0.717) is 11.6 Å². The van der Waals surface area contributed by atoms with E-state index in [4.69, 9.17) is 16.3 Å². The molecule has 3 nitrogen and oxygen atoms in total. The molecular formula is C13H21ClN2O. The van der Waals surface area contributed by atoms with Gasteiger partial charge in [-0.15, -0.1) is 0 Å². The lowest BCUT2D eigenvalue weighted by atomic mass is 10.3. The van der Waals surface area contributed by atoms with Crippen molar-refractivity contribution >= 4 is 17.4 Å². The molecule has 0 atom stereocenters. The van der Waals surface area contributed by atoms with Crippen LogP contribution in [0.5, 0.6) is 0 Å². The van der Waals surface area contributed by atoms with Gasteiger partial charge in [0, 0.05) is 13.2 Å². The fourth-order valence-corrected chi connectivity index (χ4v) is 1.51. The van der Waals surface area contributed by atoms with Crippen molar-refractivity contribution in [1.29, 1.82) is 0 Å². The fourth-order valence-electron chi connectivity index (χ4n) is 1.35. The topological polar surface area (TPSA) is 34.1 Å². The summed E-state index contributed by atoms with van der Waals surface area (Å²) in [4.78, 5) is 4.44. The van der Waals surface area contributed by atoms with Crippen LogP contribution in [-0.2, 0) is 11.3 Å². The molecule has 0 bridgehead atoms. The van der Waals surface area contributed by atoms with Crippen LogP contribution < -0.4 is 5.32 Å². The van der Waals surface area contributed by atoms with E-state index < -0.39 is 0 Å². The average Bonchev–Trinajstić information content (AvgIpc) is 2.35. The minimum absolute atomic E-state index is 0.487. The lowest BCUT2D eigenvalue weighted by Gasteiger charge is -2.08. The Kier molecular flexibility index (Phi) is 6.97. The first-order chi connectivity index (χ1) is 8.27. The Morgan fingerprint density at radius 2 is 2.12 bits per heavy atom. The summed E-state index contributed by atoms with van der Waals surface area (Å²) in [6.45, 7) is 6.44. The number of unbranched alkanes of at least 4 members (excludes halogenated alkanes) is 1. The molecular weight excluding hydrogens is 236 g/mol. The molecule has 1 N–H and O–H groups in total. The Morgan fingerprint density at radius 1 is 1.29 bits per heavy atom. The molecule has 4 heteroatoms. The number of nitrogens with zero attached hydrogens (tertiary/aromatic N) is 1. The minimum atomic E-state index is 0.487. The summed E-state index contributed by atoms with van der Waals surface area (Å²) in [7, 11) is 0. The molecule has 1 aromatic heterocycles. The van der Waals surface area contributed by atoms with E-state index in [2.05, 4.69) is 24.1 Å². The van der Waals surface area contributed by atoms with Crippen LogP contribution in [0.1, 0.15) is 38.8 Å². The maximum Gasteiger partial charge on any atom is 0.126 e. The summed E-state index contributed by atoms with van der Waals surface area (Å²) in [5, 5.41) is 3.91. The highest BCUT2D eigenvalue weighted by atomic mass is 35.5. The summed E-state index contributed by atoms with van der Waals surface area (Å²) in [6, 6.07) is 3.76. The monoisotopic (exact) mass is 256 g/mol. The van der Waals surface area contributed by atoms with Gasteiger partial charge in [-0.2, -0.15) is 0 Å². The molecule has 1 rings (SSSR count). The highest BCUT2D eigenvalue weighted by Crippen LogP contribution is 2.17. The molecule has 0 aliphatic carbocycles. The molecule has 0 unspecified atom stereocenters. The van der Waals surface area contributed by atoms with Gasteiger partial charge in [0.15, 0.2) is 0 Å². The van der Waals surface area contributed by atoms with E-state index in [-0.39, 0.29) is 0 Å². The van der Waals surface area contributed by atoms with Crippen molar-refractivity contribution in [3.05, 3.63) is 22.8 Å². The van der Waals surface area contributed by atoms with Gasteiger partial charge in [-0.05, 0) is 25.0 Å². The van der Waals surface area contributed by atoms with Crippen LogP contribution in [0.3, 0.4) is 0 Å². The number of hydrogen-bond donors (Lipinski definition) is 1. The summed E-state index contributed by atoms with van der Waals surface area (Å²) in [5.41, 5.74) is 0.809. The van der Waals surface area contributed by atoms with Crippen LogP contribution in [0.4, 0.5) is 5.82 Å². The fraction of sp³-hybridized carbons (Fsp3) is 0.615. The van der Waals surface area contributed by atoms with Crippen LogP contribution in [0.25, 0.3) is 0 Å². The lowest BCUT2D eigenvalue weighted by Crippen LogP contribution is -2.05. The van der Waals surface area contributed by atoms with Crippen molar-refractivity contribution < 1.29 is 4.74 Å². The van der Waals surface area contributed by atoms with Gasteiger partial charge in [0.25, 0.3) is 0 Å². The van der Waals surface area contributed by atoms with Gasteiger partial charge in [0.1, 0.15) is 5.82 Å². The standard InChI is InChI=1S/C13H21ClN2O/c1-3-5-9-17-10-12-11(14)6-7-13(16-12)15-8-4-2/h6-7H,3-5,8-10H2,1-2H3,(H,15,16). The number of nitrogens with one attached hydrogen (secondary N) is 1. The summed E-state index contributed by atoms with van der Waals surface area (Å²) in [6.07, 6.45) is 3.29. The first-order valence-corrected chi connectivity index (χ1v) is 6.62. The number of halogens is 1. The van der Waals surface area contributed by atoms with Crippen molar-refractivity contribution in [3.63, 3.8) is 0 Å². The predicted octanol–water partition coefficient (Wildman–Crippen LogP) is 3.87. The van der Waals surface area contributed by atoms with Gasteiger partial charge in [-0.3, -0.25) is 0 Å². The zero-order valence-electron chi connectivity index (χ0n) is 10.6. The molecule has 0 radical (unpaired) electrons. The normalized spacial score (nSPS) is 10.5. The van der Waals surface area contributed by atoms with E-state index >= 15 is 0 Å². The second-order valence-corrected chi connectivity index (χ2v) is 4.37. The van der Waals surface area contributed by atoms with E-state index in [1.165, 1.54) is 0 Å². The largest absolute Gasteiger partial charge is 0.375 e. The number of ether oxygens (including phenoxy) is 1. The third kappa shape index (κ3) is 5.37. The zero-order valence-corrected chi connectivity index (χ0v) is 11.4. The third-order valence-corrected chi connectivity index (χ3v) is 2.70. The number of rotatable bonds is 8. The minimum Gasteiger partial charge on any atom is -0.375 e. The Hall–Kier alpha value is -0.800. The lowest BCUT2D eigenvalue weighted by molar-refractivity contribution is 0.115. The molecule has 1 aromatic rings. The van der Waals surface area contributed by atoms with Gasteiger partial charge in [-0.25, -0.2) is 4.98 Å². The molecule has 0 aromatic carbocycles. The van der Waals surface area contributed by atoms with Gasteiger partial charge in [0.2, 0.25) is 0 Å². The van der Waals surface area contributed by atoms with Crippen molar-refractivity contribution in [2.24, 2.45) is 0 Å². The first-order valence-electron chi connectivity index (χ1n) is 6.25. The molecule has 0 saturated carbocycles. The highest BCUT2D eigenvalue weighted by Gasteiger charge is 2.04. The highest BCUT2D eigenvalue weighted by molar-refractivity contribution is 6.31. The molecule has 0 spiro atoms. The second-order valence-electron chi connectivity index (χ2n) is 3.96. The van der Waals surface area contributed by atoms with Gasteiger partial charge >= 0.3 is 0 Å². The Balaban J connectivity index is 2.50. The Bertz CT molecular complexity index is 331. The number of anilines is 1. The number of pyridine rings is 1. The summed E-state index contributed by atoms with van der Waals surface area (Å²) < 4.78 is 5.53. The van der Waals surface area contributed by atoms with E-state index in [1.54, 1.807) is 0 Å². The third-order valence-electron chi connectivity index (χ3n) is 2.36. The molecule has 96 valence electrons. The quantitative estimate of drug-likeness (QED) is 0.717. The van der Waals surface area contributed by atoms with Crippen LogP contribution in [0.2, 0.25) is 5.02 Å². The summed E-state index contributed by atoms with van der Waals surface area (Å²) >= 11 is 6.07. The predicted molar refractivity (Wildman–Crippen MR) is 72.6 cm³/mol. The van der Waals surface area contributed by atoms with Crippen LogP contribution >= 0.6 is 11.6 Å². The van der Waals surface area contributed by atoms with E-state index in [9.17, 15) is 0 Å². The van der Waals surface area contributed by atoms with Gasteiger partial charge in [0.05, 0.1) is 17.3 Å². The molecule has 0 fully saturated rings. The molecule has 0 amide bonds. The molecule has 17 heavy (non-hydrogen) atoms. The van der Waals surface area contributed by atoms with Crippen LogP contribution in [0, 0.1) is 0 Å². The Morgan fingerprint density at radius 3 is 2.82 bits per heavy atom. The average molecular weight is 257 g/mol. The zero-order chi connectivity index (χ0) is 12.5. The van der Waals surface area contributed by atoms with E-state index in [1.807, 2.05) is 12.1 Å². The maximum atomic E-state index is 6.07. The van der Waals surface area contributed by atoms with Crippen molar-refractivity contribution in [2.45, 2.75) is 39.7 Å². The van der Waals surface area contributed by atoms with Crippen LogP contribution in [-0.4, -0.2) is 18.1 Å². The van der Waals surface area contributed by atoms with Crippen molar-refractivity contribution in [1.82, 2.24) is 4.98 Å². The van der Waals surface area contributed by atoms with E-state index in [0.717, 1.165) is 43.9 Å². The summed E-state index contributed by atoms with van der Waals surface area (Å²) in [5.74, 6) is 0.866. The molecule has 0 aliphatic rings. The van der Waals surface area contributed by atoms with Crippen molar-refractivity contribution in [3.8, 4) is 0 Å². The Labute approximate surface area is 109 Å². The van der Waals surface area contributed by atoms with Crippen molar-refractivity contribution in [2.75, 3.05) is 18.5 Å². The van der Waals surface area contributed by atoms with Crippen LogP contribution in [0.15, 0.2) is 12.1 Å². The molecule has 0 saturated heterocycles. The number of aromatic nitrogens is 1. The molecule has 0 aliphatic heterocycles. The number of hydrogen-bond acceptors (Lipinski definition) is 3. The second kappa shape index (κ2) is 8.31. The van der Waals surface area contributed by atoms with Gasteiger partial charge in [-0.1, -0.05) is 31.9 Å². The smallest absolute Gasteiger partial charge is 0.126 e. The van der Waals surface area contributed by atoms with Gasteiger partial charge < -0.3 is 10.1 Å². The molecule has 1 heterocycles. The maximum absolute atomic E-state index is 6.07. The SMILES string of the molecule is CCCCOCc1nc(NCCC)ccc1Cl.